The van der Waals surface area contributed by atoms with Gasteiger partial charge in [-0.15, -0.1) is 0 Å². The molecule has 2 aromatic carbocycles. The van der Waals surface area contributed by atoms with Gasteiger partial charge in [0.25, 0.3) is 0 Å². The van der Waals surface area contributed by atoms with E-state index in [0.29, 0.717) is 17.9 Å². The fourth-order valence-corrected chi connectivity index (χ4v) is 3.27. The summed E-state index contributed by atoms with van der Waals surface area (Å²) in [5, 5.41) is 2.78. The van der Waals surface area contributed by atoms with E-state index in [9.17, 15) is 9.59 Å². The molecule has 0 unspecified atom stereocenters. The summed E-state index contributed by atoms with van der Waals surface area (Å²) in [6, 6.07) is 15.4. The number of carbonyl (C=O) groups is 2. The molecule has 0 saturated carbocycles. The van der Waals surface area contributed by atoms with Crippen LogP contribution < -0.4 is 10.1 Å². The molecule has 0 spiro atoms. The van der Waals surface area contributed by atoms with Gasteiger partial charge in [0.15, 0.2) is 0 Å². The molecule has 7 heteroatoms. The van der Waals surface area contributed by atoms with Crippen molar-refractivity contribution in [1.82, 2.24) is 5.32 Å². The lowest BCUT2D eigenvalue weighted by Gasteiger charge is -2.28. The van der Waals surface area contributed by atoms with Crippen molar-refractivity contribution < 1.29 is 23.8 Å². The fraction of sp³-hybridized carbons (Fsp3) is 0.300. The summed E-state index contributed by atoms with van der Waals surface area (Å²) < 4.78 is 16.6. The summed E-state index contributed by atoms with van der Waals surface area (Å²) in [4.78, 5) is 24.8. The topological polar surface area (TPSA) is 73.9 Å². The van der Waals surface area contributed by atoms with E-state index >= 15 is 0 Å². The maximum absolute atomic E-state index is 12.4. The third-order valence-electron chi connectivity index (χ3n) is 4.21. The van der Waals surface area contributed by atoms with Crippen LogP contribution in [0.1, 0.15) is 11.1 Å². The molecule has 2 aromatic rings. The van der Waals surface area contributed by atoms with Gasteiger partial charge in [-0.2, -0.15) is 0 Å². The number of likely N-dealkylation sites (N-methyl/N-ethyl adjacent to an activating group) is 1. The van der Waals surface area contributed by atoms with Crippen LogP contribution in [0.5, 0.6) is 5.75 Å². The summed E-state index contributed by atoms with van der Waals surface area (Å²) in [6.45, 7) is 0.372. The lowest BCUT2D eigenvalue weighted by atomic mass is 9.90. The molecule has 0 fully saturated rings. The number of halogens is 1. The van der Waals surface area contributed by atoms with Crippen LogP contribution in [0.25, 0.3) is 0 Å². The predicted octanol–water partition coefficient (Wildman–Crippen LogP) is 2.72. The second-order valence-corrected chi connectivity index (χ2v) is 7.09. The summed E-state index contributed by atoms with van der Waals surface area (Å²) in [5.41, 5.74) is 0.0597. The number of benzene rings is 2. The summed E-state index contributed by atoms with van der Waals surface area (Å²) >= 11 is 2.17. The molecule has 0 bridgehead atoms. The van der Waals surface area contributed by atoms with E-state index in [4.69, 9.17) is 14.2 Å². The Labute approximate surface area is 172 Å². The Kier molecular flexibility index (Phi) is 7.61. The second-order valence-electron chi connectivity index (χ2n) is 5.84. The lowest BCUT2D eigenvalue weighted by Crippen LogP contribution is -2.59. The minimum Gasteiger partial charge on any atom is -0.489 e. The van der Waals surface area contributed by atoms with Gasteiger partial charge in [0.1, 0.15) is 12.4 Å². The first-order valence-corrected chi connectivity index (χ1v) is 9.35. The van der Waals surface area contributed by atoms with Gasteiger partial charge in [-0.05, 0) is 59.0 Å². The maximum Gasteiger partial charge on any atom is 0.338 e. The molecule has 144 valence electrons. The Hall–Kier alpha value is -2.13. The van der Waals surface area contributed by atoms with Crippen LogP contribution in [0, 0.1) is 3.57 Å². The maximum atomic E-state index is 12.4. The van der Waals surface area contributed by atoms with Crippen molar-refractivity contribution in [1.29, 1.82) is 0 Å². The quantitative estimate of drug-likeness (QED) is 0.354. The average molecular weight is 483 g/mol. The first kappa shape index (κ1) is 21.2. The molecule has 2 rings (SSSR count). The van der Waals surface area contributed by atoms with Gasteiger partial charge in [0.2, 0.25) is 5.54 Å². The number of esters is 2. The third-order valence-corrected chi connectivity index (χ3v) is 4.88. The van der Waals surface area contributed by atoms with Crippen molar-refractivity contribution in [3.63, 3.8) is 0 Å². The highest BCUT2D eigenvalue weighted by Gasteiger charge is 2.48. The van der Waals surface area contributed by atoms with Crippen molar-refractivity contribution in [2.24, 2.45) is 0 Å². The number of hydrogen-bond donors (Lipinski definition) is 1. The number of methoxy groups -OCH3 is 2. The zero-order valence-corrected chi connectivity index (χ0v) is 17.6. The lowest BCUT2D eigenvalue weighted by molar-refractivity contribution is -0.163. The van der Waals surface area contributed by atoms with Crippen molar-refractivity contribution in [3.8, 4) is 5.75 Å². The Balaban J connectivity index is 2.36. The van der Waals surface area contributed by atoms with Crippen molar-refractivity contribution in [2.45, 2.75) is 18.6 Å². The van der Waals surface area contributed by atoms with Crippen LogP contribution in [0.4, 0.5) is 0 Å². The highest BCUT2D eigenvalue weighted by atomic mass is 127. The molecule has 0 radical (unpaired) electrons. The van der Waals surface area contributed by atoms with Gasteiger partial charge < -0.3 is 14.2 Å². The summed E-state index contributed by atoms with van der Waals surface area (Å²) in [5.74, 6) is -0.846. The fourth-order valence-electron chi connectivity index (χ4n) is 2.72. The predicted molar refractivity (Wildman–Crippen MR) is 109 cm³/mol. The number of hydrogen-bond acceptors (Lipinski definition) is 6. The second kappa shape index (κ2) is 9.70. The Morgan fingerprint density at radius 3 is 2.22 bits per heavy atom. The van der Waals surface area contributed by atoms with E-state index in [1.165, 1.54) is 21.3 Å². The zero-order chi connectivity index (χ0) is 19.9. The van der Waals surface area contributed by atoms with Gasteiger partial charge >= 0.3 is 11.9 Å². The minimum atomic E-state index is -1.65. The standard InChI is InChI=1S/C20H22INO5/c1-22-20(18(23)25-2,19(24)26-3)12-15-11-16(21)9-10-17(15)27-13-14-7-5-4-6-8-14/h4-11,22H,12-13H2,1-3H3. The van der Waals surface area contributed by atoms with Crippen molar-refractivity contribution >= 4 is 34.5 Å². The largest absolute Gasteiger partial charge is 0.489 e. The molecule has 0 aliphatic carbocycles. The van der Waals surface area contributed by atoms with E-state index in [1.807, 2.05) is 48.5 Å². The van der Waals surface area contributed by atoms with Crippen molar-refractivity contribution in [2.75, 3.05) is 21.3 Å². The van der Waals surface area contributed by atoms with Crippen LogP contribution in [-0.2, 0) is 32.1 Å². The Morgan fingerprint density at radius 2 is 1.67 bits per heavy atom. The first-order chi connectivity index (χ1) is 13.0. The monoisotopic (exact) mass is 483 g/mol. The van der Waals surface area contributed by atoms with Gasteiger partial charge in [-0.1, -0.05) is 30.3 Å². The molecule has 0 aromatic heterocycles. The smallest absolute Gasteiger partial charge is 0.338 e. The van der Waals surface area contributed by atoms with Gasteiger partial charge in [-0.3, -0.25) is 5.32 Å². The van der Waals surface area contributed by atoms with E-state index < -0.39 is 17.5 Å². The van der Waals surface area contributed by atoms with Gasteiger partial charge in [0.05, 0.1) is 14.2 Å². The SMILES string of the molecule is CNC(Cc1cc(I)ccc1OCc1ccccc1)(C(=O)OC)C(=O)OC. The molecule has 27 heavy (non-hydrogen) atoms. The van der Waals surface area contributed by atoms with E-state index in [0.717, 1.165) is 9.13 Å². The molecule has 0 amide bonds. The van der Waals surface area contributed by atoms with Crippen molar-refractivity contribution in [3.05, 3.63) is 63.2 Å². The highest BCUT2D eigenvalue weighted by molar-refractivity contribution is 14.1. The van der Waals surface area contributed by atoms with Crippen LogP contribution in [-0.4, -0.2) is 38.7 Å². The summed E-state index contributed by atoms with van der Waals surface area (Å²) in [7, 11) is 3.99. The van der Waals surface area contributed by atoms with E-state index in [1.54, 1.807) is 0 Å². The molecule has 1 N–H and O–H groups in total. The molecule has 0 atom stereocenters. The minimum absolute atomic E-state index is 0.0316. The number of ether oxygens (including phenoxy) is 3. The van der Waals surface area contributed by atoms with Gasteiger partial charge in [0, 0.05) is 9.99 Å². The van der Waals surface area contributed by atoms with Crippen LogP contribution >= 0.6 is 22.6 Å². The van der Waals surface area contributed by atoms with E-state index in [2.05, 4.69) is 27.9 Å². The molecule has 0 aliphatic heterocycles. The first-order valence-electron chi connectivity index (χ1n) is 8.27. The number of rotatable bonds is 8. The Bertz CT molecular complexity index is 778. The molecular formula is C20H22INO5. The molecular weight excluding hydrogens is 461 g/mol. The van der Waals surface area contributed by atoms with E-state index in [-0.39, 0.29) is 6.42 Å². The zero-order valence-electron chi connectivity index (χ0n) is 15.5. The molecule has 0 heterocycles. The Morgan fingerprint density at radius 1 is 1.04 bits per heavy atom. The van der Waals surface area contributed by atoms with Crippen LogP contribution in [0.2, 0.25) is 0 Å². The van der Waals surface area contributed by atoms with Crippen LogP contribution in [0.3, 0.4) is 0 Å². The molecule has 0 aliphatic rings. The number of carbonyl (C=O) groups excluding carboxylic acids is 2. The normalized spacial score (nSPS) is 11.0. The summed E-state index contributed by atoms with van der Waals surface area (Å²) in [6.07, 6.45) is 0.0316. The van der Waals surface area contributed by atoms with Gasteiger partial charge in [-0.25, -0.2) is 9.59 Å². The molecule has 0 saturated heterocycles. The molecule has 6 nitrogen and oxygen atoms in total. The third kappa shape index (κ3) is 4.98. The number of nitrogens with one attached hydrogen (secondary N) is 1. The van der Waals surface area contributed by atoms with Crippen LogP contribution in [0.15, 0.2) is 48.5 Å². The highest BCUT2D eigenvalue weighted by Crippen LogP contribution is 2.28. The average Bonchev–Trinajstić information content (AvgIpc) is 2.71.